The fraction of sp³-hybridized carbons (Fsp3) is 0.529. The monoisotopic (exact) mass is 351 g/mol. The molecule has 0 aromatic heterocycles. The van der Waals surface area contributed by atoms with Gasteiger partial charge in [-0.3, -0.25) is 9.69 Å². The van der Waals surface area contributed by atoms with Crippen molar-refractivity contribution in [2.45, 2.75) is 0 Å². The Labute approximate surface area is 147 Å². The van der Waals surface area contributed by atoms with Gasteiger partial charge >= 0.3 is 6.09 Å². The Morgan fingerprint density at radius 1 is 1.08 bits per heavy atom. The highest BCUT2D eigenvalue weighted by atomic mass is 16.5. The zero-order chi connectivity index (χ0) is 18.2. The molecule has 0 spiro atoms. The number of hydrogen-bond donors (Lipinski definition) is 1. The molecule has 1 aliphatic heterocycles. The first kappa shape index (κ1) is 18.9. The number of carbonyl (C=O) groups is 2. The number of carbonyl (C=O) groups excluding carboxylic acids is 2. The van der Waals surface area contributed by atoms with Gasteiger partial charge in [0, 0.05) is 39.3 Å². The van der Waals surface area contributed by atoms with Crippen LogP contribution in [0.4, 0.5) is 4.79 Å². The summed E-state index contributed by atoms with van der Waals surface area (Å²) in [6, 6.07) is 5.20. The van der Waals surface area contributed by atoms with E-state index in [1.165, 1.54) is 21.3 Å². The number of hydrogen-bond acceptors (Lipinski definition) is 6. The molecular formula is C17H25N3O5. The Morgan fingerprint density at radius 2 is 1.80 bits per heavy atom. The van der Waals surface area contributed by atoms with Crippen molar-refractivity contribution in [2.24, 2.45) is 0 Å². The van der Waals surface area contributed by atoms with Gasteiger partial charge in [-0.25, -0.2) is 4.79 Å². The molecule has 0 unspecified atom stereocenters. The quantitative estimate of drug-likeness (QED) is 0.817. The summed E-state index contributed by atoms with van der Waals surface area (Å²) in [7, 11) is 4.43. The fourth-order valence-electron chi connectivity index (χ4n) is 2.77. The summed E-state index contributed by atoms with van der Waals surface area (Å²) in [5, 5.41) is 2.90. The van der Waals surface area contributed by atoms with Crippen LogP contribution >= 0.6 is 0 Å². The number of para-hydroxylation sites is 1. The van der Waals surface area contributed by atoms with Gasteiger partial charge < -0.3 is 24.4 Å². The average Bonchev–Trinajstić information content (AvgIpc) is 2.66. The molecule has 1 fully saturated rings. The van der Waals surface area contributed by atoms with Gasteiger partial charge in [0.15, 0.2) is 11.5 Å². The lowest BCUT2D eigenvalue weighted by molar-refractivity contribution is 0.0883. The third kappa shape index (κ3) is 4.76. The number of nitrogens with one attached hydrogen (secondary N) is 1. The number of amides is 2. The minimum absolute atomic E-state index is 0.205. The van der Waals surface area contributed by atoms with E-state index < -0.39 is 0 Å². The van der Waals surface area contributed by atoms with Crippen LogP contribution in [0.5, 0.6) is 11.5 Å². The summed E-state index contributed by atoms with van der Waals surface area (Å²) < 4.78 is 15.2. The van der Waals surface area contributed by atoms with Gasteiger partial charge in [0.1, 0.15) is 0 Å². The van der Waals surface area contributed by atoms with Crippen LogP contribution in [0.25, 0.3) is 0 Å². The molecule has 1 saturated heterocycles. The highest BCUT2D eigenvalue weighted by molar-refractivity contribution is 5.97. The summed E-state index contributed by atoms with van der Waals surface area (Å²) in [5.74, 6) is 0.743. The molecule has 0 bridgehead atoms. The van der Waals surface area contributed by atoms with Crippen LogP contribution < -0.4 is 14.8 Å². The van der Waals surface area contributed by atoms with Crippen molar-refractivity contribution in [3.63, 3.8) is 0 Å². The van der Waals surface area contributed by atoms with Crippen LogP contribution in [0.1, 0.15) is 10.4 Å². The van der Waals surface area contributed by atoms with E-state index in [0.717, 1.165) is 13.1 Å². The molecule has 8 nitrogen and oxygen atoms in total. The summed E-state index contributed by atoms with van der Waals surface area (Å²) in [6.45, 7) is 4.00. The van der Waals surface area contributed by atoms with E-state index in [1.54, 1.807) is 23.1 Å². The largest absolute Gasteiger partial charge is 0.493 e. The molecule has 2 rings (SSSR count). The standard InChI is InChI=1S/C17H25N3O5/c1-23-14-6-4-5-13(15(14)24-2)16(21)18-7-8-19-9-11-20(12-10-19)17(22)25-3/h4-6H,7-12H2,1-3H3,(H,18,21). The Hall–Kier alpha value is -2.48. The van der Waals surface area contributed by atoms with Gasteiger partial charge in [0.2, 0.25) is 0 Å². The van der Waals surface area contributed by atoms with Gasteiger partial charge in [0.25, 0.3) is 5.91 Å². The van der Waals surface area contributed by atoms with Crippen molar-refractivity contribution >= 4 is 12.0 Å². The molecule has 1 aromatic carbocycles. The van der Waals surface area contributed by atoms with Crippen molar-refractivity contribution in [1.29, 1.82) is 0 Å². The number of nitrogens with zero attached hydrogens (tertiary/aromatic N) is 2. The van der Waals surface area contributed by atoms with E-state index >= 15 is 0 Å². The molecule has 1 heterocycles. The maximum Gasteiger partial charge on any atom is 0.409 e. The second kappa shape index (κ2) is 9.12. The molecule has 2 amide bonds. The van der Waals surface area contributed by atoms with Crippen LogP contribution in [0.2, 0.25) is 0 Å². The first-order valence-corrected chi connectivity index (χ1v) is 8.15. The number of ether oxygens (including phenoxy) is 3. The number of rotatable bonds is 6. The fourth-order valence-corrected chi connectivity index (χ4v) is 2.77. The predicted octanol–water partition coefficient (Wildman–Crippen LogP) is 0.818. The predicted molar refractivity (Wildman–Crippen MR) is 92.3 cm³/mol. The van der Waals surface area contributed by atoms with Crippen molar-refractivity contribution in [2.75, 3.05) is 60.6 Å². The highest BCUT2D eigenvalue weighted by Crippen LogP contribution is 2.30. The lowest BCUT2D eigenvalue weighted by Gasteiger charge is -2.33. The lowest BCUT2D eigenvalue weighted by Crippen LogP contribution is -2.50. The SMILES string of the molecule is COC(=O)N1CCN(CCNC(=O)c2cccc(OC)c2OC)CC1. The zero-order valence-electron chi connectivity index (χ0n) is 14.9. The van der Waals surface area contributed by atoms with Crippen molar-refractivity contribution in [3.8, 4) is 11.5 Å². The first-order chi connectivity index (χ1) is 12.1. The molecule has 0 radical (unpaired) electrons. The van der Waals surface area contributed by atoms with Gasteiger partial charge in [0.05, 0.1) is 26.9 Å². The van der Waals surface area contributed by atoms with Crippen LogP contribution in [0, 0.1) is 0 Å². The normalized spacial score (nSPS) is 14.8. The minimum atomic E-state index is -0.293. The smallest absolute Gasteiger partial charge is 0.409 e. The van der Waals surface area contributed by atoms with E-state index in [0.29, 0.717) is 43.2 Å². The summed E-state index contributed by atoms with van der Waals surface area (Å²) >= 11 is 0. The minimum Gasteiger partial charge on any atom is -0.493 e. The van der Waals surface area contributed by atoms with E-state index in [-0.39, 0.29) is 12.0 Å². The molecule has 1 aromatic rings. The van der Waals surface area contributed by atoms with Gasteiger partial charge in [-0.05, 0) is 12.1 Å². The molecule has 1 aliphatic rings. The van der Waals surface area contributed by atoms with Crippen molar-refractivity contribution < 1.29 is 23.8 Å². The maximum absolute atomic E-state index is 12.4. The lowest BCUT2D eigenvalue weighted by atomic mass is 10.1. The van der Waals surface area contributed by atoms with Crippen LogP contribution in [-0.2, 0) is 4.74 Å². The maximum atomic E-state index is 12.4. The Bertz CT molecular complexity index is 600. The van der Waals surface area contributed by atoms with Gasteiger partial charge in [-0.15, -0.1) is 0 Å². The molecular weight excluding hydrogens is 326 g/mol. The van der Waals surface area contributed by atoms with Gasteiger partial charge in [-0.2, -0.15) is 0 Å². The molecule has 8 heteroatoms. The van der Waals surface area contributed by atoms with Crippen LogP contribution in [0.3, 0.4) is 0 Å². The van der Waals surface area contributed by atoms with E-state index in [2.05, 4.69) is 10.2 Å². The van der Waals surface area contributed by atoms with Crippen LogP contribution in [-0.4, -0.2) is 82.4 Å². The summed E-state index contributed by atoms with van der Waals surface area (Å²) in [6.07, 6.45) is -0.293. The Balaban J connectivity index is 1.81. The van der Waals surface area contributed by atoms with Crippen molar-refractivity contribution in [3.05, 3.63) is 23.8 Å². The van der Waals surface area contributed by atoms with E-state index in [9.17, 15) is 9.59 Å². The second-order valence-electron chi connectivity index (χ2n) is 5.60. The molecule has 25 heavy (non-hydrogen) atoms. The Kier molecular flexibility index (Phi) is 6.88. The van der Waals surface area contributed by atoms with Crippen LogP contribution in [0.15, 0.2) is 18.2 Å². The topological polar surface area (TPSA) is 80.3 Å². The molecule has 1 N–H and O–H groups in total. The first-order valence-electron chi connectivity index (χ1n) is 8.15. The van der Waals surface area contributed by atoms with Gasteiger partial charge in [-0.1, -0.05) is 6.07 Å². The zero-order valence-corrected chi connectivity index (χ0v) is 14.9. The Morgan fingerprint density at radius 3 is 2.40 bits per heavy atom. The number of methoxy groups -OCH3 is 3. The molecule has 0 aliphatic carbocycles. The second-order valence-corrected chi connectivity index (χ2v) is 5.60. The molecule has 0 saturated carbocycles. The third-order valence-corrected chi connectivity index (χ3v) is 4.17. The summed E-state index contributed by atoms with van der Waals surface area (Å²) in [5.41, 5.74) is 0.442. The van der Waals surface area contributed by atoms with E-state index in [4.69, 9.17) is 14.2 Å². The number of benzene rings is 1. The van der Waals surface area contributed by atoms with E-state index in [1.807, 2.05) is 0 Å². The number of piperazine rings is 1. The third-order valence-electron chi connectivity index (χ3n) is 4.17. The van der Waals surface area contributed by atoms with Crippen molar-refractivity contribution in [1.82, 2.24) is 15.1 Å². The molecule has 138 valence electrons. The summed E-state index contributed by atoms with van der Waals surface area (Å²) in [4.78, 5) is 27.7. The molecule has 0 atom stereocenters. The average molecular weight is 351 g/mol. The highest BCUT2D eigenvalue weighted by Gasteiger charge is 2.21.